The number of rotatable bonds is 3. The molecule has 0 amide bonds. The molecule has 0 bridgehead atoms. The number of benzene rings is 1. The summed E-state index contributed by atoms with van der Waals surface area (Å²) in [6, 6.07) is 4.55. The van der Waals surface area contributed by atoms with Crippen LogP contribution in [0, 0.1) is 19.7 Å². The molecule has 96 valence electrons. The monoisotopic (exact) mass is 267 g/mol. The van der Waals surface area contributed by atoms with E-state index in [1.807, 2.05) is 20.9 Å². The number of nitrogens with one attached hydrogen (secondary N) is 1. The fourth-order valence-electron chi connectivity index (χ4n) is 1.89. The highest BCUT2D eigenvalue weighted by Crippen LogP contribution is 2.21. The molecule has 18 heavy (non-hydrogen) atoms. The van der Waals surface area contributed by atoms with Crippen molar-refractivity contribution in [2.75, 3.05) is 5.32 Å². The molecule has 5 heteroatoms. The SMILES string of the molecule is Cc1nn(C)c(C)c1NCc1cc(Cl)ccc1F. The number of aryl methyl sites for hydroxylation is 2. The van der Waals surface area contributed by atoms with E-state index in [0.717, 1.165) is 17.1 Å². The van der Waals surface area contributed by atoms with Crippen molar-refractivity contribution in [1.29, 1.82) is 0 Å². The Labute approximate surface area is 111 Å². The molecule has 1 heterocycles. The molecular formula is C13H15ClFN3. The number of halogens is 2. The minimum Gasteiger partial charge on any atom is -0.378 e. The summed E-state index contributed by atoms with van der Waals surface area (Å²) < 4.78 is 15.4. The van der Waals surface area contributed by atoms with Crippen molar-refractivity contribution >= 4 is 17.3 Å². The molecule has 1 aromatic heterocycles. The fraction of sp³-hybridized carbons (Fsp3) is 0.308. The van der Waals surface area contributed by atoms with E-state index in [4.69, 9.17) is 11.6 Å². The average Bonchev–Trinajstić information content (AvgIpc) is 2.55. The minimum absolute atomic E-state index is 0.258. The van der Waals surface area contributed by atoms with Crippen LogP contribution in [0.5, 0.6) is 0 Å². The van der Waals surface area contributed by atoms with Gasteiger partial charge in [-0.2, -0.15) is 5.10 Å². The Morgan fingerprint density at radius 3 is 2.72 bits per heavy atom. The topological polar surface area (TPSA) is 29.9 Å². The Hall–Kier alpha value is -1.55. The van der Waals surface area contributed by atoms with Crippen LogP contribution in [0.2, 0.25) is 5.02 Å². The largest absolute Gasteiger partial charge is 0.378 e. The van der Waals surface area contributed by atoms with E-state index in [2.05, 4.69) is 10.4 Å². The number of aromatic nitrogens is 2. The van der Waals surface area contributed by atoms with E-state index in [-0.39, 0.29) is 5.82 Å². The summed E-state index contributed by atoms with van der Waals surface area (Å²) in [7, 11) is 1.88. The van der Waals surface area contributed by atoms with Crippen molar-refractivity contribution in [1.82, 2.24) is 9.78 Å². The van der Waals surface area contributed by atoms with Crippen molar-refractivity contribution in [2.24, 2.45) is 7.05 Å². The molecule has 0 spiro atoms. The molecule has 0 fully saturated rings. The number of hydrogen-bond acceptors (Lipinski definition) is 2. The Balaban J connectivity index is 2.19. The van der Waals surface area contributed by atoms with Crippen LogP contribution < -0.4 is 5.32 Å². The smallest absolute Gasteiger partial charge is 0.128 e. The lowest BCUT2D eigenvalue weighted by atomic mass is 10.2. The maximum atomic E-state index is 13.6. The van der Waals surface area contributed by atoms with Crippen molar-refractivity contribution in [2.45, 2.75) is 20.4 Å². The molecule has 1 N–H and O–H groups in total. The van der Waals surface area contributed by atoms with Crippen LogP contribution in [0.15, 0.2) is 18.2 Å². The number of anilines is 1. The maximum Gasteiger partial charge on any atom is 0.128 e. The third-order valence-electron chi connectivity index (χ3n) is 2.97. The van der Waals surface area contributed by atoms with Crippen LogP contribution in [0.4, 0.5) is 10.1 Å². The van der Waals surface area contributed by atoms with E-state index in [1.54, 1.807) is 16.8 Å². The summed E-state index contributed by atoms with van der Waals surface area (Å²) in [5, 5.41) is 8.04. The molecule has 0 atom stereocenters. The highest BCUT2D eigenvalue weighted by Gasteiger charge is 2.10. The summed E-state index contributed by atoms with van der Waals surface area (Å²) in [4.78, 5) is 0. The molecule has 0 aliphatic heterocycles. The molecule has 0 saturated heterocycles. The van der Waals surface area contributed by atoms with Crippen molar-refractivity contribution in [3.8, 4) is 0 Å². The Morgan fingerprint density at radius 1 is 1.39 bits per heavy atom. The van der Waals surface area contributed by atoms with Gasteiger partial charge in [-0.15, -0.1) is 0 Å². The summed E-state index contributed by atoms with van der Waals surface area (Å²) in [6.07, 6.45) is 0. The second-order valence-electron chi connectivity index (χ2n) is 4.26. The highest BCUT2D eigenvalue weighted by atomic mass is 35.5. The zero-order valence-electron chi connectivity index (χ0n) is 10.6. The predicted molar refractivity (Wildman–Crippen MR) is 71.4 cm³/mol. The van der Waals surface area contributed by atoms with E-state index in [1.165, 1.54) is 6.07 Å². The Bertz CT molecular complexity index is 578. The number of hydrogen-bond donors (Lipinski definition) is 1. The standard InChI is InChI=1S/C13H15ClFN3/c1-8-13(9(2)18(3)17-8)16-7-10-6-11(14)4-5-12(10)15/h4-6,16H,7H2,1-3H3. The molecule has 0 aliphatic carbocycles. The van der Waals surface area contributed by atoms with Gasteiger partial charge >= 0.3 is 0 Å². The summed E-state index contributed by atoms with van der Waals surface area (Å²) in [5.74, 6) is -0.258. The molecule has 2 aromatic rings. The van der Waals surface area contributed by atoms with Crippen molar-refractivity contribution < 1.29 is 4.39 Å². The first kappa shape index (κ1) is 12.9. The van der Waals surface area contributed by atoms with Gasteiger partial charge in [0, 0.05) is 24.2 Å². The maximum absolute atomic E-state index is 13.6. The van der Waals surface area contributed by atoms with Crippen molar-refractivity contribution in [3.05, 3.63) is 46.0 Å². The predicted octanol–water partition coefficient (Wildman–Crippen LogP) is 3.44. The van der Waals surface area contributed by atoms with Crippen LogP contribution >= 0.6 is 11.6 Å². The fourth-order valence-corrected chi connectivity index (χ4v) is 2.09. The zero-order chi connectivity index (χ0) is 13.3. The third-order valence-corrected chi connectivity index (χ3v) is 3.21. The Kier molecular flexibility index (Phi) is 3.57. The molecule has 0 unspecified atom stereocenters. The van der Waals surface area contributed by atoms with Crippen LogP contribution in [0.3, 0.4) is 0 Å². The quantitative estimate of drug-likeness (QED) is 0.923. The van der Waals surface area contributed by atoms with E-state index < -0.39 is 0 Å². The van der Waals surface area contributed by atoms with Crippen molar-refractivity contribution in [3.63, 3.8) is 0 Å². The van der Waals surface area contributed by atoms with Crippen LogP contribution in [0.25, 0.3) is 0 Å². The highest BCUT2D eigenvalue weighted by molar-refractivity contribution is 6.30. The molecule has 0 radical (unpaired) electrons. The van der Waals surface area contributed by atoms with E-state index in [0.29, 0.717) is 17.1 Å². The second-order valence-corrected chi connectivity index (χ2v) is 4.70. The number of nitrogens with zero attached hydrogens (tertiary/aromatic N) is 2. The van der Waals surface area contributed by atoms with Gasteiger partial charge in [0.05, 0.1) is 17.1 Å². The molecule has 1 aromatic carbocycles. The van der Waals surface area contributed by atoms with Crippen LogP contribution in [-0.4, -0.2) is 9.78 Å². The molecule has 2 rings (SSSR count). The van der Waals surface area contributed by atoms with Gasteiger partial charge in [0.1, 0.15) is 5.82 Å². The van der Waals surface area contributed by atoms with Gasteiger partial charge in [0.15, 0.2) is 0 Å². The van der Waals surface area contributed by atoms with Gasteiger partial charge in [-0.1, -0.05) is 11.6 Å². The summed E-state index contributed by atoms with van der Waals surface area (Å²) >= 11 is 5.85. The van der Waals surface area contributed by atoms with Gasteiger partial charge in [0.2, 0.25) is 0 Å². The zero-order valence-corrected chi connectivity index (χ0v) is 11.3. The molecule has 3 nitrogen and oxygen atoms in total. The van der Waals surface area contributed by atoms with E-state index in [9.17, 15) is 4.39 Å². The molecule has 0 aliphatic rings. The van der Waals surface area contributed by atoms with Gasteiger partial charge in [0.25, 0.3) is 0 Å². The first-order chi connectivity index (χ1) is 8.49. The third kappa shape index (κ3) is 2.48. The van der Waals surface area contributed by atoms with Gasteiger partial charge < -0.3 is 5.32 Å². The Morgan fingerprint density at radius 2 is 2.11 bits per heavy atom. The summed E-state index contributed by atoms with van der Waals surface area (Å²) in [6.45, 7) is 4.28. The average molecular weight is 268 g/mol. The normalized spacial score (nSPS) is 10.7. The van der Waals surface area contributed by atoms with Crippen LogP contribution in [-0.2, 0) is 13.6 Å². The van der Waals surface area contributed by atoms with E-state index >= 15 is 0 Å². The minimum atomic E-state index is -0.258. The first-order valence-electron chi connectivity index (χ1n) is 5.67. The lowest BCUT2D eigenvalue weighted by molar-refractivity contribution is 0.613. The molecule has 0 saturated carbocycles. The lowest BCUT2D eigenvalue weighted by Crippen LogP contribution is -2.03. The lowest BCUT2D eigenvalue weighted by Gasteiger charge is -2.08. The van der Waals surface area contributed by atoms with Crippen LogP contribution in [0.1, 0.15) is 17.0 Å². The van der Waals surface area contributed by atoms with Gasteiger partial charge in [-0.3, -0.25) is 4.68 Å². The molecular weight excluding hydrogens is 253 g/mol. The summed E-state index contributed by atoms with van der Waals surface area (Å²) in [5.41, 5.74) is 3.41. The van der Waals surface area contributed by atoms with Gasteiger partial charge in [-0.05, 0) is 32.0 Å². The van der Waals surface area contributed by atoms with Gasteiger partial charge in [-0.25, -0.2) is 4.39 Å². The first-order valence-corrected chi connectivity index (χ1v) is 6.05. The second kappa shape index (κ2) is 4.98.